The monoisotopic (exact) mass is 245 g/mol. The molecule has 0 aromatic carbocycles. The summed E-state index contributed by atoms with van der Waals surface area (Å²) in [6, 6.07) is 0. The van der Waals surface area contributed by atoms with Crippen LogP contribution in [0, 0.1) is 35.5 Å². The second-order valence-electron chi connectivity index (χ2n) is 6.61. The molecular weight excluding hydrogens is 226 g/mol. The molecule has 1 aliphatic heterocycles. The number of carbonyl (C=O) groups excluding carboxylic acids is 2. The molecule has 6 atom stereocenters. The van der Waals surface area contributed by atoms with E-state index < -0.39 is 0 Å². The van der Waals surface area contributed by atoms with Gasteiger partial charge in [0.15, 0.2) is 0 Å². The number of allylic oxidation sites excluding steroid dienone is 2. The Morgan fingerprint density at radius 3 is 2.44 bits per heavy atom. The molecule has 0 aromatic heterocycles. The Morgan fingerprint density at radius 1 is 1.06 bits per heavy atom. The first-order valence-electron chi connectivity index (χ1n) is 7.14. The average Bonchev–Trinajstić information content (AvgIpc) is 2.96. The highest BCUT2D eigenvalue weighted by Crippen LogP contribution is 2.57. The topological polar surface area (TPSA) is 37.4 Å². The number of amides is 2. The van der Waals surface area contributed by atoms with Crippen molar-refractivity contribution >= 4 is 11.8 Å². The fourth-order valence-electron chi connectivity index (χ4n) is 4.99. The normalized spacial score (nSPS) is 49.5. The zero-order chi connectivity index (χ0) is 12.4. The Morgan fingerprint density at radius 2 is 1.72 bits per heavy atom. The van der Waals surface area contributed by atoms with Crippen LogP contribution in [0.3, 0.4) is 0 Å². The third kappa shape index (κ3) is 1.25. The number of carbonyl (C=O) groups is 2. The SMILES string of the molecule is CN1C(=O)CC2CC3C4C=CC(C4)C3CC2C1=O. The van der Waals surface area contributed by atoms with Gasteiger partial charge in [-0.2, -0.15) is 0 Å². The predicted octanol–water partition coefficient (Wildman–Crippen LogP) is 1.84. The van der Waals surface area contributed by atoms with Gasteiger partial charge >= 0.3 is 0 Å². The number of nitrogens with zero attached hydrogens (tertiary/aromatic N) is 1. The van der Waals surface area contributed by atoms with Crippen molar-refractivity contribution in [2.45, 2.75) is 25.7 Å². The molecule has 6 unspecified atom stereocenters. The summed E-state index contributed by atoms with van der Waals surface area (Å²) in [5, 5.41) is 0. The first kappa shape index (κ1) is 10.8. The fraction of sp³-hybridized carbons (Fsp3) is 0.733. The van der Waals surface area contributed by atoms with Crippen molar-refractivity contribution in [3.05, 3.63) is 12.2 Å². The maximum atomic E-state index is 12.3. The first-order chi connectivity index (χ1) is 8.65. The van der Waals surface area contributed by atoms with Crippen molar-refractivity contribution in [1.82, 2.24) is 4.90 Å². The van der Waals surface area contributed by atoms with E-state index >= 15 is 0 Å². The van der Waals surface area contributed by atoms with Gasteiger partial charge in [-0.3, -0.25) is 14.5 Å². The van der Waals surface area contributed by atoms with Crippen LogP contribution < -0.4 is 0 Å². The third-order valence-corrected chi connectivity index (χ3v) is 5.93. The molecule has 3 heteroatoms. The van der Waals surface area contributed by atoms with Gasteiger partial charge in [0.1, 0.15) is 0 Å². The number of piperidine rings is 1. The van der Waals surface area contributed by atoms with E-state index in [9.17, 15) is 9.59 Å². The highest BCUT2D eigenvalue weighted by atomic mass is 16.2. The van der Waals surface area contributed by atoms with Crippen LogP contribution in [0.1, 0.15) is 25.7 Å². The Bertz CT molecular complexity index is 455. The van der Waals surface area contributed by atoms with Gasteiger partial charge in [0, 0.05) is 19.4 Å². The van der Waals surface area contributed by atoms with Crippen molar-refractivity contribution in [2.24, 2.45) is 35.5 Å². The van der Waals surface area contributed by atoms with Gasteiger partial charge in [0.05, 0.1) is 0 Å². The van der Waals surface area contributed by atoms with Gasteiger partial charge in [-0.05, 0) is 48.9 Å². The highest BCUT2D eigenvalue weighted by molar-refractivity contribution is 5.98. The van der Waals surface area contributed by atoms with E-state index in [1.807, 2.05) is 0 Å². The van der Waals surface area contributed by atoms with Gasteiger partial charge in [0.2, 0.25) is 11.8 Å². The number of likely N-dealkylation sites (tertiary alicyclic amines) is 1. The van der Waals surface area contributed by atoms with Gasteiger partial charge in [-0.1, -0.05) is 12.2 Å². The number of imide groups is 1. The van der Waals surface area contributed by atoms with E-state index in [0.29, 0.717) is 18.3 Å². The number of fused-ring (bicyclic) bond motifs is 6. The molecular formula is C15H19NO2. The molecule has 96 valence electrons. The maximum absolute atomic E-state index is 12.3. The van der Waals surface area contributed by atoms with E-state index in [1.54, 1.807) is 7.05 Å². The summed E-state index contributed by atoms with van der Waals surface area (Å²) in [4.78, 5) is 25.4. The minimum absolute atomic E-state index is 0.0263. The lowest BCUT2D eigenvalue weighted by Gasteiger charge is -2.45. The molecule has 0 N–H and O–H groups in total. The second-order valence-corrected chi connectivity index (χ2v) is 6.61. The van der Waals surface area contributed by atoms with E-state index in [4.69, 9.17) is 0 Å². The summed E-state index contributed by atoms with van der Waals surface area (Å²) in [6.45, 7) is 0. The third-order valence-electron chi connectivity index (χ3n) is 5.93. The number of rotatable bonds is 0. The number of hydrogen-bond acceptors (Lipinski definition) is 2. The first-order valence-corrected chi connectivity index (χ1v) is 7.14. The van der Waals surface area contributed by atoms with Crippen molar-refractivity contribution in [2.75, 3.05) is 7.05 Å². The lowest BCUT2D eigenvalue weighted by Crippen LogP contribution is -2.50. The molecule has 1 saturated heterocycles. The van der Waals surface area contributed by atoms with Gasteiger partial charge < -0.3 is 0 Å². The van der Waals surface area contributed by atoms with Crippen LogP contribution in [0.4, 0.5) is 0 Å². The fourth-order valence-corrected chi connectivity index (χ4v) is 4.99. The van der Waals surface area contributed by atoms with Gasteiger partial charge in [-0.15, -0.1) is 0 Å². The standard InChI is InChI=1S/C15H19NO2/c1-16-14(17)6-10-5-11-8-2-3-9(4-8)12(11)7-13(10)15(16)18/h2-3,8-13H,4-7H2,1H3. The van der Waals surface area contributed by atoms with Crippen LogP contribution in [-0.4, -0.2) is 23.8 Å². The summed E-state index contributed by atoms with van der Waals surface area (Å²) in [5.74, 6) is 3.50. The number of hydrogen-bond donors (Lipinski definition) is 0. The Hall–Kier alpha value is -1.12. The molecule has 3 aliphatic carbocycles. The Labute approximate surface area is 107 Å². The zero-order valence-electron chi connectivity index (χ0n) is 10.7. The van der Waals surface area contributed by atoms with E-state index in [1.165, 1.54) is 11.3 Å². The van der Waals surface area contributed by atoms with Gasteiger partial charge in [0.25, 0.3) is 0 Å². The maximum Gasteiger partial charge on any atom is 0.232 e. The molecule has 4 rings (SSSR count). The van der Waals surface area contributed by atoms with Crippen LogP contribution >= 0.6 is 0 Å². The van der Waals surface area contributed by atoms with E-state index in [2.05, 4.69) is 12.2 Å². The second kappa shape index (κ2) is 3.46. The molecule has 3 fully saturated rings. The minimum Gasteiger partial charge on any atom is -0.286 e. The van der Waals surface area contributed by atoms with Crippen LogP contribution in [0.25, 0.3) is 0 Å². The van der Waals surface area contributed by atoms with Crippen molar-refractivity contribution in [3.63, 3.8) is 0 Å². The van der Waals surface area contributed by atoms with Crippen LogP contribution in [0.15, 0.2) is 12.2 Å². The average molecular weight is 245 g/mol. The molecule has 2 amide bonds. The smallest absolute Gasteiger partial charge is 0.232 e. The van der Waals surface area contributed by atoms with Crippen molar-refractivity contribution < 1.29 is 9.59 Å². The lowest BCUT2D eigenvalue weighted by molar-refractivity contribution is -0.156. The molecule has 0 radical (unpaired) electrons. The summed E-state index contributed by atoms with van der Waals surface area (Å²) < 4.78 is 0. The molecule has 2 bridgehead atoms. The van der Waals surface area contributed by atoms with Gasteiger partial charge in [-0.25, -0.2) is 0 Å². The van der Waals surface area contributed by atoms with E-state index in [0.717, 1.165) is 30.6 Å². The Balaban J connectivity index is 1.63. The summed E-state index contributed by atoms with van der Waals surface area (Å²) in [6.07, 6.45) is 8.77. The Kier molecular flexibility index (Phi) is 2.07. The highest BCUT2D eigenvalue weighted by Gasteiger charge is 2.53. The quantitative estimate of drug-likeness (QED) is 0.482. The predicted molar refractivity (Wildman–Crippen MR) is 66.3 cm³/mol. The zero-order valence-corrected chi connectivity index (χ0v) is 10.7. The molecule has 1 heterocycles. The summed E-state index contributed by atoms with van der Waals surface area (Å²) >= 11 is 0. The summed E-state index contributed by atoms with van der Waals surface area (Å²) in [7, 11) is 1.65. The molecule has 0 spiro atoms. The van der Waals surface area contributed by atoms with Crippen LogP contribution in [0.2, 0.25) is 0 Å². The summed E-state index contributed by atoms with van der Waals surface area (Å²) in [5.41, 5.74) is 0. The molecule has 2 saturated carbocycles. The molecule has 0 aromatic rings. The van der Waals surface area contributed by atoms with E-state index in [-0.39, 0.29) is 17.7 Å². The lowest BCUT2D eigenvalue weighted by atomic mass is 9.62. The molecule has 4 aliphatic rings. The van der Waals surface area contributed by atoms with Crippen LogP contribution in [0.5, 0.6) is 0 Å². The molecule has 18 heavy (non-hydrogen) atoms. The largest absolute Gasteiger partial charge is 0.286 e. The van der Waals surface area contributed by atoms with Crippen molar-refractivity contribution in [3.8, 4) is 0 Å². The van der Waals surface area contributed by atoms with Crippen molar-refractivity contribution in [1.29, 1.82) is 0 Å². The minimum atomic E-state index is 0.0263. The van der Waals surface area contributed by atoms with Crippen LogP contribution in [-0.2, 0) is 9.59 Å². The molecule has 3 nitrogen and oxygen atoms in total.